The number of amides is 2. The summed E-state index contributed by atoms with van der Waals surface area (Å²) >= 11 is 1.24. The van der Waals surface area contributed by atoms with Crippen molar-refractivity contribution in [2.45, 2.75) is 48.7 Å². The minimum Gasteiger partial charge on any atom is -0.486 e. The number of anilines is 1. The summed E-state index contributed by atoms with van der Waals surface area (Å²) in [7, 11) is -1.74. The molecule has 1 aromatic carbocycles. The molecule has 0 bridgehead atoms. The molecule has 1 saturated heterocycles. The minimum atomic E-state index is -3.28. The molecule has 1 aliphatic carbocycles. The molecule has 0 radical (unpaired) electrons. The number of thiazole rings is 1. The van der Waals surface area contributed by atoms with Crippen molar-refractivity contribution in [3.63, 3.8) is 0 Å². The summed E-state index contributed by atoms with van der Waals surface area (Å²) in [5.41, 5.74) is 0.752. The number of sulfone groups is 1. The predicted molar refractivity (Wildman–Crippen MR) is 122 cm³/mol. The highest BCUT2D eigenvalue weighted by molar-refractivity contribution is 7.92. The van der Waals surface area contributed by atoms with Crippen LogP contribution in [0.2, 0.25) is 0 Å². The third-order valence-corrected chi connectivity index (χ3v) is 9.26. The first-order valence-corrected chi connectivity index (χ1v) is 13.0. The van der Waals surface area contributed by atoms with Crippen molar-refractivity contribution in [2.24, 2.45) is 5.92 Å². The molecular weight excluding hydrogens is 450 g/mol. The number of nitrogens with zero attached hydrogens (tertiary/aromatic N) is 2. The van der Waals surface area contributed by atoms with Crippen LogP contribution in [0.4, 0.5) is 5.13 Å². The summed E-state index contributed by atoms with van der Waals surface area (Å²) in [6.07, 6.45) is 4.37. The first kappa shape index (κ1) is 22.7. The molecule has 8 nitrogen and oxygen atoms in total. The van der Waals surface area contributed by atoms with Crippen molar-refractivity contribution in [2.75, 3.05) is 25.5 Å². The van der Waals surface area contributed by atoms with E-state index in [0.717, 1.165) is 12.0 Å². The topological polar surface area (TPSA) is 106 Å². The van der Waals surface area contributed by atoms with Crippen LogP contribution in [-0.4, -0.2) is 55.6 Å². The Labute approximate surface area is 191 Å². The number of nitrogens with one attached hydrogen (secondary N) is 1. The zero-order chi connectivity index (χ0) is 22.9. The van der Waals surface area contributed by atoms with Crippen LogP contribution in [0.5, 0.6) is 5.06 Å². The van der Waals surface area contributed by atoms with E-state index in [2.05, 4.69) is 10.3 Å². The molecule has 4 rings (SSSR count). The number of ether oxygens (including phenoxy) is 1. The lowest BCUT2D eigenvalue weighted by Gasteiger charge is -2.21. The minimum absolute atomic E-state index is 0.0398. The van der Waals surface area contributed by atoms with Crippen LogP contribution in [0.1, 0.15) is 44.1 Å². The number of benzene rings is 1. The van der Waals surface area contributed by atoms with E-state index in [1.54, 1.807) is 49.4 Å². The average Bonchev–Trinajstić information content (AvgIpc) is 3.37. The van der Waals surface area contributed by atoms with Gasteiger partial charge in [-0.05, 0) is 49.3 Å². The van der Waals surface area contributed by atoms with Gasteiger partial charge in [0, 0.05) is 20.0 Å². The first-order chi connectivity index (χ1) is 15.3. The van der Waals surface area contributed by atoms with Gasteiger partial charge in [-0.15, -0.1) is 0 Å². The van der Waals surface area contributed by atoms with Gasteiger partial charge in [-0.2, -0.15) is 0 Å². The van der Waals surface area contributed by atoms with E-state index >= 15 is 0 Å². The van der Waals surface area contributed by atoms with Crippen LogP contribution in [0.25, 0.3) is 0 Å². The highest BCUT2D eigenvalue weighted by atomic mass is 32.2. The Morgan fingerprint density at radius 1 is 1.25 bits per heavy atom. The van der Waals surface area contributed by atoms with E-state index in [0.29, 0.717) is 47.4 Å². The number of hydrogen-bond acceptors (Lipinski definition) is 7. The molecule has 2 aromatic rings. The molecule has 0 spiro atoms. The average molecular weight is 478 g/mol. The molecule has 1 unspecified atom stereocenters. The zero-order valence-corrected chi connectivity index (χ0v) is 19.7. The van der Waals surface area contributed by atoms with Gasteiger partial charge in [0.1, 0.15) is 0 Å². The van der Waals surface area contributed by atoms with Crippen molar-refractivity contribution in [1.29, 1.82) is 0 Å². The molecule has 1 N–H and O–H groups in total. The van der Waals surface area contributed by atoms with Gasteiger partial charge in [0.15, 0.2) is 20.0 Å². The van der Waals surface area contributed by atoms with E-state index in [4.69, 9.17) is 4.74 Å². The largest absolute Gasteiger partial charge is 0.486 e. The van der Waals surface area contributed by atoms with Crippen molar-refractivity contribution < 1.29 is 22.7 Å². The molecule has 1 aromatic heterocycles. The smallest absolute Gasteiger partial charge is 0.233 e. The van der Waals surface area contributed by atoms with Crippen LogP contribution >= 0.6 is 11.3 Å². The van der Waals surface area contributed by atoms with Crippen molar-refractivity contribution in [3.05, 3.63) is 36.0 Å². The van der Waals surface area contributed by atoms with Gasteiger partial charge in [0.25, 0.3) is 0 Å². The maximum absolute atomic E-state index is 13.2. The van der Waals surface area contributed by atoms with Gasteiger partial charge in [0.2, 0.25) is 11.8 Å². The van der Waals surface area contributed by atoms with Crippen molar-refractivity contribution in [3.8, 4) is 5.06 Å². The maximum Gasteiger partial charge on any atom is 0.233 e. The van der Waals surface area contributed by atoms with E-state index < -0.39 is 15.8 Å². The second kappa shape index (κ2) is 9.19. The van der Waals surface area contributed by atoms with E-state index in [-0.39, 0.29) is 23.0 Å². The second-order valence-electron chi connectivity index (χ2n) is 8.40. The molecule has 2 aliphatic rings. The summed E-state index contributed by atoms with van der Waals surface area (Å²) in [5.74, 6) is -0.464. The Morgan fingerprint density at radius 2 is 1.97 bits per heavy atom. The van der Waals surface area contributed by atoms with Gasteiger partial charge in [-0.25, -0.2) is 13.4 Å². The molecule has 2 heterocycles. The van der Waals surface area contributed by atoms with Gasteiger partial charge >= 0.3 is 0 Å². The molecule has 2 amide bonds. The first-order valence-electron chi connectivity index (χ1n) is 10.7. The van der Waals surface area contributed by atoms with Crippen molar-refractivity contribution in [1.82, 2.24) is 9.88 Å². The lowest BCUT2D eigenvalue weighted by molar-refractivity contribution is -0.127. The SMILES string of the molecule is COc1cnc(NC(=O)C(C[C@H]2CCN(C(C)=O)C2)c2ccc(S(=O)(=O)C3CC3)cc2)s1. The fraction of sp³-hybridized carbons (Fsp3) is 0.500. The molecule has 2 atom stereocenters. The summed E-state index contributed by atoms with van der Waals surface area (Å²) in [6, 6.07) is 6.68. The fourth-order valence-corrected chi connectivity index (χ4v) is 6.40. The Bertz CT molecular complexity index is 1090. The van der Waals surface area contributed by atoms with Gasteiger partial charge < -0.3 is 15.0 Å². The van der Waals surface area contributed by atoms with Crippen molar-refractivity contribution >= 4 is 38.1 Å². The highest BCUT2D eigenvalue weighted by Gasteiger charge is 2.37. The monoisotopic (exact) mass is 477 g/mol. The fourth-order valence-electron chi connectivity index (χ4n) is 4.10. The van der Waals surface area contributed by atoms with E-state index in [1.165, 1.54) is 11.3 Å². The number of likely N-dealkylation sites (tertiary alicyclic amines) is 1. The molecule has 1 saturated carbocycles. The quantitative estimate of drug-likeness (QED) is 0.626. The third kappa shape index (κ3) is 4.96. The molecule has 32 heavy (non-hydrogen) atoms. The number of carbonyl (C=O) groups excluding carboxylic acids is 2. The molecular formula is C22H27N3O5S2. The summed E-state index contributed by atoms with van der Waals surface area (Å²) < 4.78 is 30.2. The standard InChI is InChI=1S/C22H27N3O5S2/c1-14(26)25-10-9-15(13-25)11-19(21(27)24-22-23-12-20(30-2)31-22)16-3-5-17(6-4-16)32(28,29)18-7-8-18/h3-6,12,15,18-19H,7-11,13H2,1-2H3,(H,23,24,27)/t15-,19?/m1/s1. The number of carbonyl (C=O) groups is 2. The lowest BCUT2D eigenvalue weighted by Crippen LogP contribution is -2.27. The van der Waals surface area contributed by atoms with Gasteiger partial charge in [-0.1, -0.05) is 23.5 Å². The van der Waals surface area contributed by atoms with Crippen LogP contribution in [0.15, 0.2) is 35.4 Å². The molecule has 10 heteroatoms. The summed E-state index contributed by atoms with van der Waals surface area (Å²) in [6.45, 7) is 2.87. The van der Waals surface area contributed by atoms with Gasteiger partial charge in [0.05, 0.1) is 29.4 Å². The Morgan fingerprint density at radius 3 is 2.53 bits per heavy atom. The second-order valence-corrected chi connectivity index (χ2v) is 11.6. The summed E-state index contributed by atoms with van der Waals surface area (Å²) in [5, 5.41) is 3.63. The van der Waals surface area contributed by atoms with Crippen LogP contribution in [0.3, 0.4) is 0 Å². The molecule has 172 valence electrons. The normalized spacial score (nSPS) is 19.6. The third-order valence-electron chi connectivity index (χ3n) is 6.11. The van der Waals surface area contributed by atoms with Crippen LogP contribution in [0, 0.1) is 5.92 Å². The predicted octanol–water partition coefficient (Wildman–Crippen LogP) is 3.07. The van der Waals surface area contributed by atoms with Gasteiger partial charge in [-0.3, -0.25) is 9.59 Å². The number of aromatic nitrogens is 1. The molecule has 1 aliphatic heterocycles. The molecule has 2 fully saturated rings. The number of hydrogen-bond donors (Lipinski definition) is 1. The van der Waals surface area contributed by atoms with Crippen LogP contribution in [-0.2, 0) is 19.4 Å². The number of methoxy groups -OCH3 is 1. The summed E-state index contributed by atoms with van der Waals surface area (Å²) in [4.78, 5) is 31.2. The Balaban J connectivity index is 1.55. The maximum atomic E-state index is 13.2. The van der Waals surface area contributed by atoms with E-state index in [9.17, 15) is 18.0 Å². The van der Waals surface area contributed by atoms with Crippen LogP contribution < -0.4 is 10.1 Å². The number of rotatable bonds is 8. The highest BCUT2D eigenvalue weighted by Crippen LogP contribution is 2.36. The van der Waals surface area contributed by atoms with E-state index in [1.807, 2.05) is 0 Å². The zero-order valence-electron chi connectivity index (χ0n) is 18.1. The Hall–Kier alpha value is -2.46. The Kier molecular flexibility index (Phi) is 6.52. The lowest BCUT2D eigenvalue weighted by atomic mass is 9.87.